The Morgan fingerprint density at radius 3 is 2.76 bits per heavy atom. The zero-order valence-electron chi connectivity index (χ0n) is 12.2. The van der Waals surface area contributed by atoms with Gasteiger partial charge in [0, 0.05) is 6.54 Å². The van der Waals surface area contributed by atoms with Gasteiger partial charge in [0.05, 0.1) is 6.54 Å². The lowest BCUT2D eigenvalue weighted by Crippen LogP contribution is -2.39. The molecule has 0 bridgehead atoms. The maximum atomic E-state index is 13.4. The van der Waals surface area contributed by atoms with Crippen molar-refractivity contribution < 1.29 is 13.6 Å². The number of amides is 1. The van der Waals surface area contributed by atoms with Crippen molar-refractivity contribution in [1.29, 1.82) is 0 Å². The minimum Gasteiger partial charge on any atom is -0.320 e. The fourth-order valence-corrected chi connectivity index (χ4v) is 2.63. The van der Waals surface area contributed by atoms with E-state index in [9.17, 15) is 13.6 Å². The van der Waals surface area contributed by atoms with Crippen LogP contribution in [0.1, 0.15) is 12.8 Å². The molecule has 4 nitrogen and oxygen atoms in total. The number of hydrogen-bond donors (Lipinski definition) is 2. The van der Waals surface area contributed by atoms with Gasteiger partial charge in [-0.25, -0.2) is 8.78 Å². The van der Waals surface area contributed by atoms with Crippen LogP contribution in [0, 0.1) is 17.6 Å². The maximum absolute atomic E-state index is 13.4. The van der Waals surface area contributed by atoms with Gasteiger partial charge in [-0.05, 0) is 51.0 Å². The number of hydrogen-bond acceptors (Lipinski definition) is 3. The van der Waals surface area contributed by atoms with Crippen LogP contribution in [0.15, 0.2) is 18.2 Å². The predicted molar refractivity (Wildman–Crippen MR) is 78.1 cm³/mol. The summed E-state index contributed by atoms with van der Waals surface area (Å²) in [5, 5.41) is 5.31. The van der Waals surface area contributed by atoms with Crippen molar-refractivity contribution in [2.24, 2.45) is 5.92 Å². The Hall–Kier alpha value is -1.53. The van der Waals surface area contributed by atoms with Gasteiger partial charge in [0.25, 0.3) is 0 Å². The quantitative estimate of drug-likeness (QED) is 0.871. The second-order valence-electron chi connectivity index (χ2n) is 5.55. The highest BCUT2D eigenvalue weighted by molar-refractivity contribution is 5.92. The molecule has 1 aromatic rings. The van der Waals surface area contributed by atoms with Crippen LogP contribution < -0.4 is 10.6 Å². The Bertz CT molecular complexity index is 476. The first-order chi connectivity index (χ1) is 10.1. The summed E-state index contributed by atoms with van der Waals surface area (Å²) in [6, 6.07) is 3.49. The molecule has 21 heavy (non-hydrogen) atoms. The smallest absolute Gasteiger partial charge is 0.238 e. The van der Waals surface area contributed by atoms with Crippen molar-refractivity contribution in [1.82, 2.24) is 10.2 Å². The summed E-state index contributed by atoms with van der Waals surface area (Å²) in [4.78, 5) is 14.0. The molecule has 0 spiro atoms. The molecule has 116 valence electrons. The number of rotatable bonds is 5. The van der Waals surface area contributed by atoms with Crippen molar-refractivity contribution in [3.63, 3.8) is 0 Å². The molecule has 2 rings (SSSR count). The third-order valence-corrected chi connectivity index (χ3v) is 3.67. The molecule has 1 aliphatic rings. The van der Waals surface area contributed by atoms with Crippen LogP contribution in [0.4, 0.5) is 14.5 Å². The molecule has 1 amide bonds. The minimum absolute atomic E-state index is 0.0496. The Morgan fingerprint density at radius 1 is 1.38 bits per heavy atom. The number of carbonyl (C=O) groups excluding carboxylic acids is 1. The molecule has 1 fully saturated rings. The molecule has 0 aromatic heterocycles. The van der Waals surface area contributed by atoms with Crippen molar-refractivity contribution >= 4 is 11.6 Å². The lowest BCUT2D eigenvalue weighted by Gasteiger charge is -2.29. The van der Waals surface area contributed by atoms with Gasteiger partial charge in [-0.2, -0.15) is 0 Å². The Labute approximate surface area is 123 Å². The van der Waals surface area contributed by atoms with Crippen LogP contribution in [0.2, 0.25) is 0 Å². The molecule has 1 unspecified atom stereocenters. The highest BCUT2D eigenvalue weighted by Gasteiger charge is 2.17. The Kier molecular flexibility index (Phi) is 5.64. The van der Waals surface area contributed by atoms with E-state index in [0.29, 0.717) is 5.92 Å². The van der Waals surface area contributed by atoms with Gasteiger partial charge in [0.2, 0.25) is 5.91 Å². The number of piperidine rings is 1. The largest absolute Gasteiger partial charge is 0.320 e. The monoisotopic (exact) mass is 297 g/mol. The third-order valence-electron chi connectivity index (χ3n) is 3.67. The number of nitrogens with one attached hydrogen (secondary N) is 2. The van der Waals surface area contributed by atoms with Gasteiger partial charge in [-0.15, -0.1) is 0 Å². The zero-order chi connectivity index (χ0) is 15.2. The number of carbonyl (C=O) groups is 1. The fraction of sp³-hybridized carbons (Fsp3) is 0.533. The SMILES string of the molecule is CN1CCCC(CNCC(=O)Nc2c(F)cccc2F)C1. The first-order valence-electron chi connectivity index (χ1n) is 7.19. The highest BCUT2D eigenvalue weighted by atomic mass is 19.1. The molecule has 1 aliphatic heterocycles. The molecule has 1 aromatic carbocycles. The van der Waals surface area contributed by atoms with Gasteiger partial charge in [0.1, 0.15) is 17.3 Å². The van der Waals surface area contributed by atoms with Crippen LogP contribution in [-0.4, -0.2) is 44.0 Å². The fourth-order valence-electron chi connectivity index (χ4n) is 2.63. The van der Waals surface area contributed by atoms with E-state index in [1.54, 1.807) is 0 Å². The van der Waals surface area contributed by atoms with E-state index >= 15 is 0 Å². The van der Waals surface area contributed by atoms with Crippen LogP contribution in [0.5, 0.6) is 0 Å². The van der Waals surface area contributed by atoms with Crippen molar-refractivity contribution in [3.05, 3.63) is 29.8 Å². The molecule has 2 N–H and O–H groups in total. The average Bonchev–Trinajstić information content (AvgIpc) is 2.43. The number of nitrogens with zero attached hydrogens (tertiary/aromatic N) is 1. The number of anilines is 1. The molecule has 1 atom stereocenters. The summed E-state index contributed by atoms with van der Waals surface area (Å²) in [5.41, 5.74) is -0.387. The number of para-hydroxylation sites is 1. The number of halogens is 2. The van der Waals surface area contributed by atoms with Gasteiger partial charge in [-0.1, -0.05) is 6.07 Å². The highest BCUT2D eigenvalue weighted by Crippen LogP contribution is 2.17. The molecule has 6 heteroatoms. The molecular weight excluding hydrogens is 276 g/mol. The van der Waals surface area contributed by atoms with Crippen LogP contribution >= 0.6 is 0 Å². The topological polar surface area (TPSA) is 44.4 Å². The summed E-state index contributed by atoms with van der Waals surface area (Å²) < 4.78 is 26.8. The Balaban J connectivity index is 1.75. The van der Waals surface area contributed by atoms with Crippen molar-refractivity contribution in [3.8, 4) is 0 Å². The summed E-state index contributed by atoms with van der Waals surface area (Å²) >= 11 is 0. The third kappa shape index (κ3) is 4.75. The Morgan fingerprint density at radius 2 is 2.10 bits per heavy atom. The van der Waals surface area contributed by atoms with Crippen molar-refractivity contribution in [2.75, 3.05) is 38.5 Å². The number of benzene rings is 1. The standard InChI is InChI=1S/C15H21F2N3O/c1-20-7-3-4-11(10-20)8-18-9-14(21)19-15-12(16)5-2-6-13(15)17/h2,5-6,11,18H,3-4,7-10H2,1H3,(H,19,21). The van der Waals surface area contributed by atoms with E-state index in [0.717, 1.165) is 44.6 Å². The number of likely N-dealkylation sites (tertiary alicyclic amines) is 1. The lowest BCUT2D eigenvalue weighted by molar-refractivity contribution is -0.115. The van der Waals surface area contributed by atoms with Gasteiger partial charge < -0.3 is 15.5 Å². The molecule has 0 aliphatic carbocycles. The summed E-state index contributed by atoms with van der Waals surface area (Å²) in [6.07, 6.45) is 2.30. The predicted octanol–water partition coefficient (Wildman–Crippen LogP) is 1.83. The van der Waals surface area contributed by atoms with Crippen LogP contribution in [0.3, 0.4) is 0 Å². The van der Waals surface area contributed by atoms with E-state index in [1.165, 1.54) is 6.07 Å². The first kappa shape index (κ1) is 15.9. The maximum Gasteiger partial charge on any atom is 0.238 e. The summed E-state index contributed by atoms with van der Waals surface area (Å²) in [7, 11) is 2.08. The van der Waals surface area contributed by atoms with Crippen molar-refractivity contribution in [2.45, 2.75) is 12.8 Å². The second kappa shape index (κ2) is 7.47. The summed E-state index contributed by atoms with van der Waals surface area (Å²) in [5.74, 6) is -1.46. The van der Waals surface area contributed by atoms with E-state index in [4.69, 9.17) is 0 Å². The molecule has 0 saturated carbocycles. The van der Waals surface area contributed by atoms with E-state index in [2.05, 4.69) is 22.6 Å². The first-order valence-corrected chi connectivity index (χ1v) is 7.19. The minimum atomic E-state index is -0.766. The second-order valence-corrected chi connectivity index (χ2v) is 5.55. The molecule has 0 radical (unpaired) electrons. The summed E-state index contributed by atoms with van der Waals surface area (Å²) in [6.45, 7) is 2.91. The van der Waals surface area contributed by atoms with Gasteiger partial charge >= 0.3 is 0 Å². The van der Waals surface area contributed by atoms with Crippen LogP contribution in [-0.2, 0) is 4.79 Å². The van der Waals surface area contributed by atoms with E-state index in [-0.39, 0.29) is 12.2 Å². The zero-order valence-corrected chi connectivity index (χ0v) is 12.2. The average molecular weight is 297 g/mol. The van der Waals surface area contributed by atoms with Gasteiger partial charge in [-0.3, -0.25) is 4.79 Å². The molecular formula is C15H21F2N3O. The normalized spacial score (nSPS) is 19.5. The van der Waals surface area contributed by atoms with Gasteiger partial charge in [0.15, 0.2) is 0 Å². The molecule has 1 saturated heterocycles. The van der Waals surface area contributed by atoms with E-state index in [1.807, 2.05) is 0 Å². The van der Waals surface area contributed by atoms with Crippen LogP contribution in [0.25, 0.3) is 0 Å². The van der Waals surface area contributed by atoms with E-state index < -0.39 is 17.5 Å². The lowest BCUT2D eigenvalue weighted by atomic mass is 9.98. The molecule has 1 heterocycles.